The van der Waals surface area contributed by atoms with Gasteiger partial charge >= 0.3 is 7.82 Å². The van der Waals surface area contributed by atoms with Crippen LogP contribution in [0.3, 0.4) is 0 Å². The van der Waals surface area contributed by atoms with E-state index in [2.05, 4.69) is 40.5 Å². The molecule has 0 saturated carbocycles. The molecule has 0 heterocycles. The predicted molar refractivity (Wildman–Crippen MR) is 139 cm³/mol. The number of phosphoric acid groups is 1. The highest BCUT2D eigenvalue weighted by Crippen LogP contribution is 2.51. The largest absolute Gasteiger partial charge is 0.474 e. The summed E-state index contributed by atoms with van der Waals surface area (Å²) in [5.74, 6) is 0.836. The lowest BCUT2D eigenvalue weighted by Gasteiger charge is -2.25. The standard InChI is InChI=1S/C27H51O4P/c1-7-13-19-25(16-10-4)22-29-32(28,30-23-26(17-11-5)20-14-8-2)31-24-27(18-12-6)21-15-9-3/h10-12,25-27H,4-9,13-24H2,1-3H3. The van der Waals surface area contributed by atoms with Crippen LogP contribution in [-0.2, 0) is 18.1 Å². The maximum atomic E-state index is 13.6. The van der Waals surface area contributed by atoms with Crippen molar-refractivity contribution in [1.82, 2.24) is 0 Å². The number of hydrogen-bond donors (Lipinski definition) is 0. The summed E-state index contributed by atoms with van der Waals surface area (Å²) in [5.41, 5.74) is 0. The zero-order valence-electron chi connectivity index (χ0n) is 21.3. The summed E-state index contributed by atoms with van der Waals surface area (Å²) in [4.78, 5) is 0. The van der Waals surface area contributed by atoms with Crippen LogP contribution < -0.4 is 0 Å². The summed E-state index contributed by atoms with van der Waals surface area (Å²) in [6, 6.07) is 0. The lowest BCUT2D eigenvalue weighted by molar-refractivity contribution is 0.0753. The zero-order chi connectivity index (χ0) is 24.1. The van der Waals surface area contributed by atoms with Gasteiger partial charge in [0.25, 0.3) is 0 Å². The molecular formula is C27H51O4P. The Kier molecular flexibility index (Phi) is 20.5. The maximum absolute atomic E-state index is 13.6. The molecule has 5 heteroatoms. The third-order valence-corrected chi connectivity index (χ3v) is 7.20. The Bertz CT molecular complexity index is 448. The molecule has 0 radical (unpaired) electrons. The Balaban J connectivity index is 5.20. The van der Waals surface area contributed by atoms with Crippen LogP contribution in [0.15, 0.2) is 38.0 Å². The normalized spacial score (nSPS) is 16.1. The summed E-state index contributed by atoms with van der Waals surface area (Å²) >= 11 is 0. The summed E-state index contributed by atoms with van der Waals surface area (Å²) in [7, 11) is -3.65. The quantitative estimate of drug-likeness (QED) is 0.104. The van der Waals surface area contributed by atoms with Gasteiger partial charge in [0, 0.05) is 0 Å². The number of rotatable bonds is 24. The van der Waals surface area contributed by atoms with E-state index in [0.29, 0.717) is 19.8 Å². The predicted octanol–water partition coefficient (Wildman–Crippen LogP) is 9.29. The molecule has 0 aliphatic heterocycles. The first kappa shape index (κ1) is 31.3. The van der Waals surface area contributed by atoms with Crippen molar-refractivity contribution in [3.05, 3.63) is 38.0 Å². The van der Waals surface area contributed by atoms with Gasteiger partial charge in [0.05, 0.1) is 19.8 Å². The minimum absolute atomic E-state index is 0.279. The monoisotopic (exact) mass is 470 g/mol. The maximum Gasteiger partial charge on any atom is 0.474 e. The Morgan fingerprint density at radius 1 is 0.625 bits per heavy atom. The second-order valence-electron chi connectivity index (χ2n) is 8.93. The summed E-state index contributed by atoms with van der Waals surface area (Å²) in [6.45, 7) is 19.2. The minimum Gasteiger partial charge on any atom is -0.287 e. The van der Waals surface area contributed by atoms with Crippen LogP contribution in [0.2, 0.25) is 0 Å². The molecule has 0 N–H and O–H groups in total. The van der Waals surface area contributed by atoms with Crippen LogP contribution >= 0.6 is 7.82 Å². The molecule has 0 rings (SSSR count). The Morgan fingerprint density at radius 2 is 0.906 bits per heavy atom. The van der Waals surface area contributed by atoms with Crippen molar-refractivity contribution in [3.8, 4) is 0 Å². The molecule has 0 amide bonds. The molecule has 0 spiro atoms. The summed E-state index contributed by atoms with van der Waals surface area (Å²) in [5, 5.41) is 0. The van der Waals surface area contributed by atoms with Gasteiger partial charge in [-0.05, 0) is 56.3 Å². The lowest BCUT2D eigenvalue weighted by atomic mass is 10.00. The highest BCUT2D eigenvalue weighted by molar-refractivity contribution is 7.48. The molecule has 3 unspecified atom stereocenters. The van der Waals surface area contributed by atoms with Crippen LogP contribution in [0.5, 0.6) is 0 Å². The van der Waals surface area contributed by atoms with Crippen molar-refractivity contribution in [2.75, 3.05) is 19.8 Å². The molecule has 32 heavy (non-hydrogen) atoms. The van der Waals surface area contributed by atoms with Gasteiger partial charge in [-0.25, -0.2) is 4.57 Å². The SMILES string of the molecule is C=CCC(CCCC)COP(=O)(OCC(CC=C)CCCC)OCC(CC=C)CCCC. The van der Waals surface area contributed by atoms with Crippen molar-refractivity contribution >= 4 is 7.82 Å². The molecule has 0 saturated heterocycles. The number of phosphoric ester groups is 1. The smallest absolute Gasteiger partial charge is 0.287 e. The van der Waals surface area contributed by atoms with Crippen LogP contribution in [-0.4, -0.2) is 19.8 Å². The van der Waals surface area contributed by atoms with E-state index in [4.69, 9.17) is 13.6 Å². The fourth-order valence-electron chi connectivity index (χ4n) is 3.70. The lowest BCUT2D eigenvalue weighted by Crippen LogP contribution is -2.16. The van der Waals surface area contributed by atoms with E-state index in [1.807, 2.05) is 18.2 Å². The Morgan fingerprint density at radius 3 is 1.12 bits per heavy atom. The van der Waals surface area contributed by atoms with Crippen LogP contribution in [0, 0.1) is 17.8 Å². The van der Waals surface area contributed by atoms with Gasteiger partial charge in [0.15, 0.2) is 0 Å². The highest BCUT2D eigenvalue weighted by atomic mass is 31.2. The van der Waals surface area contributed by atoms with Crippen LogP contribution in [0.1, 0.15) is 97.8 Å². The van der Waals surface area contributed by atoms with E-state index in [9.17, 15) is 4.57 Å². The van der Waals surface area contributed by atoms with E-state index in [-0.39, 0.29) is 17.8 Å². The highest BCUT2D eigenvalue weighted by Gasteiger charge is 2.30. The van der Waals surface area contributed by atoms with E-state index >= 15 is 0 Å². The first-order chi connectivity index (χ1) is 15.5. The third kappa shape index (κ3) is 16.0. The van der Waals surface area contributed by atoms with E-state index in [1.165, 1.54) is 0 Å². The van der Waals surface area contributed by atoms with Crippen molar-refractivity contribution in [3.63, 3.8) is 0 Å². The molecule has 4 nitrogen and oxygen atoms in total. The molecule has 0 aromatic heterocycles. The van der Waals surface area contributed by atoms with Gasteiger partial charge in [-0.3, -0.25) is 13.6 Å². The van der Waals surface area contributed by atoms with Gasteiger partial charge in [0.2, 0.25) is 0 Å². The molecular weight excluding hydrogens is 419 g/mol. The molecule has 188 valence electrons. The van der Waals surface area contributed by atoms with E-state index in [1.54, 1.807) is 0 Å². The summed E-state index contributed by atoms with van der Waals surface area (Å²) < 4.78 is 31.4. The molecule has 0 fully saturated rings. The average molecular weight is 471 g/mol. The number of unbranched alkanes of at least 4 members (excludes halogenated alkanes) is 3. The van der Waals surface area contributed by atoms with Gasteiger partial charge in [-0.2, -0.15) is 0 Å². The van der Waals surface area contributed by atoms with E-state index in [0.717, 1.165) is 77.0 Å². The minimum atomic E-state index is -3.65. The molecule has 0 aliphatic carbocycles. The third-order valence-electron chi connectivity index (χ3n) is 5.80. The average Bonchev–Trinajstić information content (AvgIpc) is 2.79. The van der Waals surface area contributed by atoms with Gasteiger partial charge in [0.1, 0.15) is 0 Å². The molecule has 3 atom stereocenters. The van der Waals surface area contributed by atoms with E-state index < -0.39 is 7.82 Å². The second kappa shape index (κ2) is 20.9. The molecule has 0 aromatic carbocycles. The number of allylic oxidation sites excluding steroid dienone is 3. The first-order valence-electron chi connectivity index (χ1n) is 12.8. The van der Waals surface area contributed by atoms with Crippen molar-refractivity contribution in [1.29, 1.82) is 0 Å². The fourth-order valence-corrected chi connectivity index (χ4v) is 5.10. The molecule has 0 aromatic rings. The zero-order valence-corrected chi connectivity index (χ0v) is 22.2. The Hall–Kier alpha value is -0.670. The number of hydrogen-bond acceptors (Lipinski definition) is 4. The van der Waals surface area contributed by atoms with Crippen molar-refractivity contribution in [2.45, 2.75) is 97.8 Å². The first-order valence-corrected chi connectivity index (χ1v) is 14.3. The van der Waals surface area contributed by atoms with Crippen molar-refractivity contribution < 1.29 is 18.1 Å². The fraction of sp³-hybridized carbons (Fsp3) is 0.778. The van der Waals surface area contributed by atoms with Gasteiger partial charge in [-0.1, -0.05) is 77.5 Å². The Labute approximate surface area is 199 Å². The van der Waals surface area contributed by atoms with Gasteiger partial charge < -0.3 is 0 Å². The van der Waals surface area contributed by atoms with Crippen LogP contribution in [0.4, 0.5) is 0 Å². The second-order valence-corrected chi connectivity index (χ2v) is 10.6. The van der Waals surface area contributed by atoms with Crippen molar-refractivity contribution in [2.24, 2.45) is 17.8 Å². The van der Waals surface area contributed by atoms with Gasteiger partial charge in [-0.15, -0.1) is 19.7 Å². The van der Waals surface area contributed by atoms with Crippen LogP contribution in [0.25, 0.3) is 0 Å². The molecule has 0 bridgehead atoms. The summed E-state index contributed by atoms with van der Waals surface area (Å²) in [6.07, 6.45) is 18.0. The molecule has 0 aliphatic rings. The topological polar surface area (TPSA) is 44.8 Å².